The molecular formula is C14H16ClN3O6S. The summed E-state index contributed by atoms with van der Waals surface area (Å²) < 4.78 is 37.5. The molecule has 11 heteroatoms. The molecule has 1 aromatic rings. The van der Waals surface area contributed by atoms with E-state index in [4.69, 9.17) is 16.3 Å². The molecule has 1 aliphatic rings. The van der Waals surface area contributed by atoms with Crippen molar-refractivity contribution in [1.29, 1.82) is 0 Å². The molecule has 0 aromatic heterocycles. The maximum Gasteiger partial charge on any atom is 0.415 e. The van der Waals surface area contributed by atoms with Crippen molar-refractivity contribution in [3.05, 3.63) is 42.1 Å². The number of nitrogens with zero attached hydrogens (tertiary/aromatic N) is 1. The number of halogens is 1. The van der Waals surface area contributed by atoms with Crippen LogP contribution in [0.2, 0.25) is 0 Å². The number of rotatable bonds is 5. The third-order valence-corrected chi connectivity index (χ3v) is 4.67. The second kappa shape index (κ2) is 7.72. The molecule has 3 N–H and O–H groups in total. The van der Waals surface area contributed by atoms with Crippen LogP contribution in [0.4, 0.5) is 15.3 Å². The summed E-state index contributed by atoms with van der Waals surface area (Å²) in [6.07, 6.45) is 0.213. The Morgan fingerprint density at radius 2 is 2.04 bits per heavy atom. The molecule has 0 aliphatic carbocycles. The summed E-state index contributed by atoms with van der Waals surface area (Å²) in [4.78, 5) is 24.7. The molecule has 1 aliphatic heterocycles. The molecule has 2 atom stereocenters. The Morgan fingerprint density at radius 1 is 1.40 bits per heavy atom. The second-order valence-corrected chi connectivity index (χ2v) is 6.81. The van der Waals surface area contributed by atoms with Crippen molar-refractivity contribution in [2.45, 2.75) is 17.8 Å². The first-order chi connectivity index (χ1) is 11.8. The fraction of sp³-hybridized carbons (Fsp3) is 0.286. The average molecular weight is 390 g/mol. The third-order valence-electron chi connectivity index (χ3n) is 3.23. The number of carbonyl (C=O) groups excluding carboxylic acids is 2. The number of nitrogens with one attached hydrogen (secondary N) is 2. The van der Waals surface area contributed by atoms with Crippen LogP contribution in [-0.2, 0) is 14.9 Å². The standard InChI is InChI=1S/C14H16ClN3O6S/c1-2-24-14(20)18(9-6-4-3-5-7-9)11(15)10-8-16-13(19)17-12(10)25(21,22)23/h3-8,11-12H,2H2,1H3,(H2,16,17,19)(H,21,22,23). The predicted octanol–water partition coefficient (Wildman–Crippen LogP) is 1.63. The van der Waals surface area contributed by atoms with Gasteiger partial charge in [-0.2, -0.15) is 8.42 Å². The van der Waals surface area contributed by atoms with Crippen LogP contribution in [-0.4, -0.2) is 42.6 Å². The van der Waals surface area contributed by atoms with Gasteiger partial charge in [-0.05, 0) is 19.1 Å². The number of ether oxygens (including phenoxy) is 1. The molecule has 0 bridgehead atoms. The Hall–Kier alpha value is -2.30. The molecule has 0 radical (unpaired) electrons. The van der Waals surface area contributed by atoms with Crippen molar-refractivity contribution in [2.24, 2.45) is 0 Å². The first kappa shape index (κ1) is 19.0. The van der Waals surface area contributed by atoms with Gasteiger partial charge in [0.25, 0.3) is 10.1 Å². The molecule has 2 rings (SSSR count). The molecular weight excluding hydrogens is 374 g/mol. The van der Waals surface area contributed by atoms with E-state index in [0.29, 0.717) is 5.69 Å². The number of urea groups is 1. The van der Waals surface area contributed by atoms with Crippen molar-refractivity contribution in [3.63, 3.8) is 0 Å². The molecule has 0 fully saturated rings. The van der Waals surface area contributed by atoms with E-state index in [1.807, 2.05) is 5.32 Å². The minimum absolute atomic E-state index is 0.0710. The Balaban J connectivity index is 2.46. The zero-order valence-corrected chi connectivity index (χ0v) is 14.6. The molecule has 0 saturated carbocycles. The molecule has 0 spiro atoms. The quantitative estimate of drug-likeness (QED) is 0.399. The molecule has 136 valence electrons. The van der Waals surface area contributed by atoms with E-state index < -0.39 is 33.1 Å². The van der Waals surface area contributed by atoms with E-state index in [1.54, 1.807) is 37.3 Å². The summed E-state index contributed by atoms with van der Waals surface area (Å²) in [7, 11) is -4.71. The predicted molar refractivity (Wildman–Crippen MR) is 90.7 cm³/mol. The number of hydrogen-bond acceptors (Lipinski definition) is 5. The minimum Gasteiger partial charge on any atom is -0.449 e. The lowest BCUT2D eigenvalue weighted by molar-refractivity contribution is 0.159. The maximum atomic E-state index is 12.3. The van der Waals surface area contributed by atoms with E-state index in [-0.39, 0.29) is 12.2 Å². The van der Waals surface area contributed by atoms with Crippen molar-refractivity contribution < 1.29 is 27.3 Å². The number of anilines is 1. The van der Waals surface area contributed by atoms with E-state index >= 15 is 0 Å². The number of para-hydroxylation sites is 1. The van der Waals surface area contributed by atoms with Crippen molar-refractivity contribution in [3.8, 4) is 0 Å². The lowest BCUT2D eigenvalue weighted by Crippen LogP contribution is -2.54. The van der Waals surface area contributed by atoms with Gasteiger partial charge >= 0.3 is 12.1 Å². The molecule has 3 amide bonds. The highest BCUT2D eigenvalue weighted by Gasteiger charge is 2.39. The van der Waals surface area contributed by atoms with Crippen molar-refractivity contribution in [1.82, 2.24) is 10.6 Å². The smallest absolute Gasteiger partial charge is 0.415 e. The Labute approximate surface area is 149 Å². The van der Waals surface area contributed by atoms with Crippen LogP contribution in [0.25, 0.3) is 0 Å². The van der Waals surface area contributed by atoms with Crippen LogP contribution >= 0.6 is 11.6 Å². The molecule has 2 unspecified atom stereocenters. The van der Waals surface area contributed by atoms with Crippen molar-refractivity contribution in [2.75, 3.05) is 11.5 Å². The van der Waals surface area contributed by atoms with Gasteiger partial charge in [0.15, 0.2) is 5.37 Å². The van der Waals surface area contributed by atoms with E-state index in [1.165, 1.54) is 0 Å². The van der Waals surface area contributed by atoms with Gasteiger partial charge in [-0.1, -0.05) is 29.8 Å². The molecule has 25 heavy (non-hydrogen) atoms. The fourth-order valence-electron chi connectivity index (χ4n) is 2.17. The van der Waals surface area contributed by atoms with Crippen LogP contribution < -0.4 is 15.5 Å². The van der Waals surface area contributed by atoms with Gasteiger partial charge in [-0.3, -0.25) is 9.45 Å². The van der Waals surface area contributed by atoms with Crippen LogP contribution in [0.15, 0.2) is 42.1 Å². The van der Waals surface area contributed by atoms with Gasteiger partial charge in [0.2, 0.25) is 0 Å². The highest BCUT2D eigenvalue weighted by molar-refractivity contribution is 7.86. The van der Waals surface area contributed by atoms with Gasteiger partial charge in [0, 0.05) is 17.5 Å². The van der Waals surface area contributed by atoms with Crippen LogP contribution in [0.1, 0.15) is 6.92 Å². The summed E-state index contributed by atoms with van der Waals surface area (Å²) in [5.41, 5.74) is -1.17. The lowest BCUT2D eigenvalue weighted by atomic mass is 10.2. The Morgan fingerprint density at radius 3 is 2.60 bits per heavy atom. The van der Waals surface area contributed by atoms with Crippen LogP contribution in [0.5, 0.6) is 0 Å². The average Bonchev–Trinajstić information content (AvgIpc) is 2.55. The second-order valence-electron chi connectivity index (χ2n) is 4.90. The van der Waals surface area contributed by atoms with Crippen LogP contribution in [0, 0.1) is 0 Å². The number of amides is 3. The van der Waals surface area contributed by atoms with Crippen molar-refractivity contribution >= 4 is 39.5 Å². The summed E-state index contributed by atoms with van der Waals surface area (Å²) >= 11 is 6.33. The molecule has 9 nitrogen and oxygen atoms in total. The van der Waals surface area contributed by atoms with Gasteiger partial charge in [-0.25, -0.2) is 9.59 Å². The lowest BCUT2D eigenvalue weighted by Gasteiger charge is -2.32. The summed E-state index contributed by atoms with van der Waals surface area (Å²) in [5.74, 6) is 0. The van der Waals surface area contributed by atoms with Gasteiger partial charge in [0.05, 0.1) is 6.61 Å². The Kier molecular flexibility index (Phi) is 5.88. The zero-order chi connectivity index (χ0) is 18.6. The van der Waals surface area contributed by atoms with E-state index in [0.717, 1.165) is 11.1 Å². The largest absolute Gasteiger partial charge is 0.449 e. The van der Waals surface area contributed by atoms with Crippen LogP contribution in [0.3, 0.4) is 0 Å². The third kappa shape index (κ3) is 4.41. The molecule has 0 saturated heterocycles. The molecule has 1 heterocycles. The maximum absolute atomic E-state index is 12.3. The minimum atomic E-state index is -4.71. The van der Waals surface area contributed by atoms with E-state index in [9.17, 15) is 22.6 Å². The molecule has 1 aromatic carbocycles. The summed E-state index contributed by atoms with van der Waals surface area (Å²) in [6.45, 7) is 1.68. The number of alkyl halides is 1. The monoisotopic (exact) mass is 389 g/mol. The fourth-order valence-corrected chi connectivity index (χ4v) is 3.42. The van der Waals surface area contributed by atoms with Gasteiger partial charge in [0.1, 0.15) is 5.50 Å². The summed E-state index contributed by atoms with van der Waals surface area (Å²) in [5, 5.41) is 2.49. The summed E-state index contributed by atoms with van der Waals surface area (Å²) in [6, 6.07) is 7.34. The normalized spacial score (nSPS) is 18.4. The SMILES string of the molecule is CCOC(=O)N(c1ccccc1)C(Cl)C1=CNC(=O)NC1S(=O)(=O)O. The first-order valence-electron chi connectivity index (χ1n) is 7.14. The van der Waals surface area contributed by atoms with Gasteiger partial charge < -0.3 is 15.4 Å². The highest BCUT2D eigenvalue weighted by Crippen LogP contribution is 2.28. The highest BCUT2D eigenvalue weighted by atomic mass is 35.5. The topological polar surface area (TPSA) is 125 Å². The Bertz CT molecular complexity index is 783. The first-order valence-corrected chi connectivity index (χ1v) is 9.08. The van der Waals surface area contributed by atoms with Gasteiger partial charge in [-0.15, -0.1) is 0 Å². The number of carbonyl (C=O) groups is 2. The zero-order valence-electron chi connectivity index (χ0n) is 13.0. The number of hydrogen-bond donors (Lipinski definition) is 3. The van der Waals surface area contributed by atoms with E-state index in [2.05, 4.69) is 5.32 Å². The number of benzene rings is 1.